The van der Waals surface area contributed by atoms with Crippen molar-refractivity contribution in [1.29, 1.82) is 0 Å². The molecule has 1 N–H and O–H groups in total. The first-order chi connectivity index (χ1) is 9.25. The van der Waals surface area contributed by atoms with Crippen molar-refractivity contribution < 1.29 is 4.79 Å². The Hall–Kier alpha value is -1.22. The van der Waals surface area contributed by atoms with Crippen LogP contribution in [-0.2, 0) is 0 Å². The molecule has 1 aliphatic rings. The molecular weight excluding hydrogens is 254 g/mol. The molecule has 0 amide bonds. The molecule has 0 aliphatic heterocycles. The van der Waals surface area contributed by atoms with E-state index in [-0.39, 0.29) is 11.0 Å². The normalized spacial score (nSPS) is 17.9. The molecule has 0 radical (unpaired) electrons. The van der Waals surface area contributed by atoms with E-state index in [0.29, 0.717) is 5.25 Å². The summed E-state index contributed by atoms with van der Waals surface area (Å²) in [5.41, 5.74) is 1.89. The molecule has 0 bridgehead atoms. The number of H-pyrrole nitrogens is 1. The van der Waals surface area contributed by atoms with Gasteiger partial charge in [-0.2, -0.15) is 0 Å². The van der Waals surface area contributed by atoms with Crippen LogP contribution < -0.4 is 0 Å². The van der Waals surface area contributed by atoms with Crippen LogP contribution in [0.1, 0.15) is 43.0 Å². The Morgan fingerprint density at radius 1 is 1.32 bits per heavy atom. The number of hydrogen-bond donors (Lipinski definition) is 1. The zero-order chi connectivity index (χ0) is 13.2. The van der Waals surface area contributed by atoms with Gasteiger partial charge in [-0.3, -0.25) is 4.79 Å². The second-order valence-electron chi connectivity index (χ2n) is 5.30. The molecule has 1 aromatic heterocycles. The van der Waals surface area contributed by atoms with E-state index in [1.54, 1.807) is 0 Å². The molecule has 0 spiro atoms. The second kappa shape index (κ2) is 5.41. The number of aromatic amines is 1. The summed E-state index contributed by atoms with van der Waals surface area (Å²) in [4.78, 5) is 15.8. The average Bonchev–Trinajstić information content (AvgIpc) is 3.06. The molecule has 2 aromatic rings. The lowest BCUT2D eigenvalue weighted by Gasteiger charge is -2.14. The number of benzene rings is 1. The summed E-state index contributed by atoms with van der Waals surface area (Å²) in [5, 5.41) is 1.79. The molecule has 1 aromatic carbocycles. The molecule has 0 saturated heterocycles. The van der Waals surface area contributed by atoms with Gasteiger partial charge in [-0.25, -0.2) is 0 Å². The quantitative estimate of drug-likeness (QED) is 0.837. The highest BCUT2D eigenvalue weighted by Gasteiger charge is 2.24. The van der Waals surface area contributed by atoms with Gasteiger partial charge in [0.2, 0.25) is 0 Å². The van der Waals surface area contributed by atoms with Gasteiger partial charge >= 0.3 is 0 Å². The van der Waals surface area contributed by atoms with E-state index in [4.69, 9.17) is 0 Å². The highest BCUT2D eigenvalue weighted by molar-refractivity contribution is 8.01. The maximum atomic E-state index is 12.6. The Labute approximate surface area is 118 Å². The van der Waals surface area contributed by atoms with E-state index >= 15 is 0 Å². The third-order valence-corrected chi connectivity index (χ3v) is 5.40. The summed E-state index contributed by atoms with van der Waals surface area (Å²) in [7, 11) is 0. The SMILES string of the molecule is CC(SC1CCCC1)C(=O)c1c[nH]c2ccccc12. The highest BCUT2D eigenvalue weighted by atomic mass is 32.2. The Morgan fingerprint density at radius 3 is 2.84 bits per heavy atom. The molecule has 1 saturated carbocycles. The van der Waals surface area contributed by atoms with Crippen LogP contribution in [0.4, 0.5) is 0 Å². The van der Waals surface area contributed by atoms with Crippen LogP contribution in [0, 0.1) is 0 Å². The van der Waals surface area contributed by atoms with Crippen molar-refractivity contribution >= 4 is 28.4 Å². The summed E-state index contributed by atoms with van der Waals surface area (Å²) in [6, 6.07) is 8.01. The van der Waals surface area contributed by atoms with Crippen LogP contribution in [0.2, 0.25) is 0 Å². The Bertz CT molecular complexity index is 583. The lowest BCUT2D eigenvalue weighted by Crippen LogP contribution is -2.16. The largest absolute Gasteiger partial charge is 0.360 e. The van der Waals surface area contributed by atoms with Crippen LogP contribution >= 0.6 is 11.8 Å². The maximum absolute atomic E-state index is 12.6. The van der Waals surface area contributed by atoms with E-state index in [1.807, 2.05) is 49.1 Å². The van der Waals surface area contributed by atoms with Crippen LogP contribution in [0.15, 0.2) is 30.5 Å². The van der Waals surface area contributed by atoms with Crippen molar-refractivity contribution in [2.24, 2.45) is 0 Å². The number of carbonyl (C=O) groups excluding carboxylic acids is 1. The van der Waals surface area contributed by atoms with Crippen LogP contribution in [0.3, 0.4) is 0 Å². The number of nitrogens with one attached hydrogen (secondary N) is 1. The number of hydrogen-bond acceptors (Lipinski definition) is 2. The fourth-order valence-electron chi connectivity index (χ4n) is 2.87. The van der Waals surface area contributed by atoms with Gasteiger partial charge in [-0.15, -0.1) is 11.8 Å². The monoisotopic (exact) mass is 273 g/mol. The van der Waals surface area contributed by atoms with Crippen molar-refractivity contribution in [3.63, 3.8) is 0 Å². The van der Waals surface area contributed by atoms with Crippen molar-refractivity contribution in [3.05, 3.63) is 36.0 Å². The molecule has 100 valence electrons. The molecule has 1 unspecified atom stereocenters. The van der Waals surface area contributed by atoms with Gasteiger partial charge in [-0.1, -0.05) is 31.0 Å². The molecular formula is C16H19NOS. The van der Waals surface area contributed by atoms with Gasteiger partial charge in [0.1, 0.15) is 0 Å². The summed E-state index contributed by atoms with van der Waals surface area (Å²) in [6.07, 6.45) is 7.06. The number of para-hydroxylation sites is 1. The number of Topliss-reactive ketones (excluding diaryl/α,β-unsaturated/α-hetero) is 1. The molecule has 1 atom stereocenters. The van der Waals surface area contributed by atoms with E-state index in [1.165, 1.54) is 25.7 Å². The Balaban J connectivity index is 1.78. The summed E-state index contributed by atoms with van der Waals surface area (Å²) < 4.78 is 0. The average molecular weight is 273 g/mol. The fraction of sp³-hybridized carbons (Fsp3) is 0.438. The highest BCUT2D eigenvalue weighted by Crippen LogP contribution is 2.34. The molecule has 1 aliphatic carbocycles. The Morgan fingerprint density at radius 2 is 2.05 bits per heavy atom. The Kier molecular flexibility index (Phi) is 3.65. The first-order valence-corrected chi connectivity index (χ1v) is 7.96. The van der Waals surface area contributed by atoms with Gasteiger partial charge in [-0.05, 0) is 25.8 Å². The predicted octanol–water partition coefficient (Wildman–Crippen LogP) is 4.41. The number of fused-ring (bicyclic) bond motifs is 1. The zero-order valence-electron chi connectivity index (χ0n) is 11.2. The van der Waals surface area contributed by atoms with E-state index < -0.39 is 0 Å². The molecule has 19 heavy (non-hydrogen) atoms. The second-order valence-corrected chi connectivity index (χ2v) is 6.94. The third-order valence-electron chi connectivity index (χ3n) is 3.92. The first kappa shape index (κ1) is 12.8. The minimum Gasteiger partial charge on any atom is -0.360 e. The number of rotatable bonds is 4. The number of carbonyl (C=O) groups is 1. The van der Waals surface area contributed by atoms with Crippen molar-refractivity contribution in [3.8, 4) is 0 Å². The lowest BCUT2D eigenvalue weighted by molar-refractivity contribution is 0.0995. The molecule has 1 heterocycles. The smallest absolute Gasteiger partial charge is 0.177 e. The topological polar surface area (TPSA) is 32.9 Å². The van der Waals surface area contributed by atoms with Gasteiger partial charge in [0.25, 0.3) is 0 Å². The maximum Gasteiger partial charge on any atom is 0.177 e. The van der Waals surface area contributed by atoms with Crippen LogP contribution in [0.25, 0.3) is 10.9 Å². The van der Waals surface area contributed by atoms with Crippen molar-refractivity contribution in [1.82, 2.24) is 4.98 Å². The molecule has 3 rings (SSSR count). The first-order valence-electron chi connectivity index (χ1n) is 7.01. The molecule has 1 fully saturated rings. The van der Waals surface area contributed by atoms with Gasteiger partial charge < -0.3 is 4.98 Å². The standard InChI is InChI=1S/C16H19NOS/c1-11(19-12-6-2-3-7-12)16(18)14-10-17-15-9-5-4-8-13(14)15/h4-5,8-12,17H,2-3,6-7H2,1H3. The molecule has 2 nitrogen and oxygen atoms in total. The number of ketones is 1. The van der Waals surface area contributed by atoms with Crippen LogP contribution in [0.5, 0.6) is 0 Å². The summed E-state index contributed by atoms with van der Waals surface area (Å²) >= 11 is 1.86. The van der Waals surface area contributed by atoms with Gasteiger partial charge in [0, 0.05) is 27.9 Å². The summed E-state index contributed by atoms with van der Waals surface area (Å²) in [5.74, 6) is 0.259. The van der Waals surface area contributed by atoms with E-state index in [0.717, 1.165) is 16.5 Å². The van der Waals surface area contributed by atoms with E-state index in [9.17, 15) is 4.79 Å². The predicted molar refractivity (Wildman–Crippen MR) is 81.9 cm³/mol. The number of aromatic nitrogens is 1. The van der Waals surface area contributed by atoms with Gasteiger partial charge in [0.15, 0.2) is 5.78 Å². The third kappa shape index (κ3) is 2.57. The molecule has 3 heteroatoms. The van der Waals surface area contributed by atoms with Crippen LogP contribution in [-0.4, -0.2) is 21.3 Å². The fourth-order valence-corrected chi connectivity index (χ4v) is 4.30. The van der Waals surface area contributed by atoms with Crippen molar-refractivity contribution in [2.45, 2.75) is 43.1 Å². The minimum atomic E-state index is 0.0577. The van der Waals surface area contributed by atoms with E-state index in [2.05, 4.69) is 4.98 Å². The number of thioether (sulfide) groups is 1. The minimum absolute atomic E-state index is 0.0577. The lowest BCUT2D eigenvalue weighted by atomic mass is 10.1. The van der Waals surface area contributed by atoms with Crippen molar-refractivity contribution in [2.75, 3.05) is 0 Å². The summed E-state index contributed by atoms with van der Waals surface area (Å²) in [6.45, 7) is 2.05. The zero-order valence-corrected chi connectivity index (χ0v) is 12.0. The van der Waals surface area contributed by atoms with Gasteiger partial charge in [0.05, 0.1) is 5.25 Å².